The van der Waals surface area contributed by atoms with Crippen molar-refractivity contribution in [2.24, 2.45) is 4.99 Å². The molecular formula is C7H9NS. The van der Waals surface area contributed by atoms with Crippen LogP contribution in [0.25, 0.3) is 0 Å². The fourth-order valence-corrected chi connectivity index (χ4v) is 1.46. The molecule has 0 saturated heterocycles. The molecular weight excluding hydrogens is 130 g/mol. The molecule has 1 rings (SSSR count). The number of rotatable bonds is 1. The maximum Gasteiger partial charge on any atom is 0.0451 e. The van der Waals surface area contributed by atoms with Gasteiger partial charge in [0.15, 0.2) is 0 Å². The van der Waals surface area contributed by atoms with Crippen LogP contribution in [0.4, 0.5) is 0 Å². The van der Waals surface area contributed by atoms with E-state index in [1.165, 1.54) is 10.4 Å². The molecule has 0 amide bonds. The third-order valence-corrected chi connectivity index (χ3v) is 1.99. The predicted molar refractivity (Wildman–Crippen MR) is 42.6 cm³/mol. The van der Waals surface area contributed by atoms with Crippen molar-refractivity contribution in [3.63, 3.8) is 0 Å². The van der Waals surface area contributed by atoms with Gasteiger partial charge in [0.2, 0.25) is 0 Å². The highest BCUT2D eigenvalue weighted by molar-refractivity contribution is 7.11. The van der Waals surface area contributed by atoms with Gasteiger partial charge in [-0.1, -0.05) is 0 Å². The smallest absolute Gasteiger partial charge is 0.0451 e. The molecule has 0 aliphatic heterocycles. The van der Waals surface area contributed by atoms with E-state index in [9.17, 15) is 0 Å². The Labute approximate surface area is 59.1 Å². The van der Waals surface area contributed by atoms with E-state index in [1.807, 2.05) is 6.21 Å². The van der Waals surface area contributed by atoms with E-state index in [0.29, 0.717) is 0 Å². The van der Waals surface area contributed by atoms with Crippen LogP contribution < -0.4 is 0 Å². The van der Waals surface area contributed by atoms with Gasteiger partial charge in [-0.05, 0) is 23.9 Å². The van der Waals surface area contributed by atoms with Crippen molar-refractivity contribution in [2.75, 3.05) is 7.05 Å². The molecule has 0 spiro atoms. The van der Waals surface area contributed by atoms with Crippen molar-refractivity contribution in [3.8, 4) is 0 Å². The summed E-state index contributed by atoms with van der Waals surface area (Å²) in [5.74, 6) is 0. The lowest BCUT2D eigenvalue weighted by Gasteiger charge is -1.76. The van der Waals surface area contributed by atoms with Gasteiger partial charge in [0.05, 0.1) is 0 Å². The van der Waals surface area contributed by atoms with Gasteiger partial charge in [-0.25, -0.2) is 0 Å². The molecule has 0 atom stereocenters. The number of thiophene rings is 1. The van der Waals surface area contributed by atoms with E-state index >= 15 is 0 Å². The summed E-state index contributed by atoms with van der Waals surface area (Å²) in [6.07, 6.45) is 1.87. The third kappa shape index (κ3) is 1.64. The summed E-state index contributed by atoms with van der Waals surface area (Å²) in [6.45, 7) is 2.09. The van der Waals surface area contributed by atoms with Crippen LogP contribution in [0.3, 0.4) is 0 Å². The number of hydrogen-bond donors (Lipinski definition) is 0. The zero-order valence-corrected chi connectivity index (χ0v) is 6.40. The summed E-state index contributed by atoms with van der Waals surface area (Å²) < 4.78 is 0. The van der Waals surface area contributed by atoms with E-state index in [2.05, 4.69) is 23.4 Å². The van der Waals surface area contributed by atoms with E-state index in [0.717, 1.165) is 0 Å². The van der Waals surface area contributed by atoms with Crippen molar-refractivity contribution >= 4 is 17.6 Å². The molecule has 9 heavy (non-hydrogen) atoms. The molecule has 0 bridgehead atoms. The highest BCUT2D eigenvalue weighted by atomic mass is 32.1. The number of hydrogen-bond acceptors (Lipinski definition) is 2. The Bertz CT molecular complexity index is 212. The maximum absolute atomic E-state index is 3.90. The van der Waals surface area contributed by atoms with Crippen LogP contribution in [0, 0.1) is 6.92 Å². The van der Waals surface area contributed by atoms with Gasteiger partial charge < -0.3 is 0 Å². The highest BCUT2D eigenvalue weighted by Crippen LogP contribution is 2.10. The Balaban J connectivity index is 2.85. The quantitative estimate of drug-likeness (QED) is 0.528. The van der Waals surface area contributed by atoms with Crippen molar-refractivity contribution < 1.29 is 0 Å². The highest BCUT2D eigenvalue weighted by Gasteiger charge is 1.88. The second kappa shape index (κ2) is 2.78. The lowest BCUT2D eigenvalue weighted by atomic mass is 10.3. The minimum absolute atomic E-state index is 1.23. The van der Waals surface area contributed by atoms with Crippen molar-refractivity contribution in [1.82, 2.24) is 0 Å². The fraction of sp³-hybridized carbons (Fsp3) is 0.286. The average Bonchev–Trinajstić information content (AvgIpc) is 2.17. The van der Waals surface area contributed by atoms with Gasteiger partial charge in [-0.15, -0.1) is 11.3 Å². The van der Waals surface area contributed by atoms with E-state index in [4.69, 9.17) is 0 Å². The summed E-state index contributed by atoms with van der Waals surface area (Å²) >= 11 is 1.72. The zero-order valence-electron chi connectivity index (χ0n) is 5.59. The molecule has 0 fully saturated rings. The van der Waals surface area contributed by atoms with Gasteiger partial charge in [-0.3, -0.25) is 4.99 Å². The van der Waals surface area contributed by atoms with Crippen LogP contribution in [0.1, 0.15) is 10.4 Å². The molecule has 0 N–H and O–H groups in total. The first-order valence-electron chi connectivity index (χ1n) is 2.80. The lowest BCUT2D eigenvalue weighted by molar-refractivity contribution is 1.47. The fourth-order valence-electron chi connectivity index (χ4n) is 0.648. The van der Waals surface area contributed by atoms with E-state index in [-0.39, 0.29) is 0 Å². The summed E-state index contributed by atoms with van der Waals surface area (Å²) in [5.41, 5.74) is 1.31. The molecule has 1 nitrogen and oxygen atoms in total. The van der Waals surface area contributed by atoms with Crippen LogP contribution in [0.5, 0.6) is 0 Å². The van der Waals surface area contributed by atoms with Gasteiger partial charge in [0, 0.05) is 18.1 Å². The maximum atomic E-state index is 3.90. The molecule has 1 aromatic rings. The summed E-state index contributed by atoms with van der Waals surface area (Å²) in [4.78, 5) is 5.14. The first kappa shape index (κ1) is 6.49. The molecule has 48 valence electrons. The Hall–Kier alpha value is -0.630. The Kier molecular flexibility index (Phi) is 2.01. The Morgan fingerprint density at radius 1 is 1.67 bits per heavy atom. The van der Waals surface area contributed by atoms with Crippen LogP contribution in [0.15, 0.2) is 16.4 Å². The second-order valence-electron chi connectivity index (χ2n) is 1.91. The molecule has 2 heteroatoms. The largest absolute Gasteiger partial charge is 0.295 e. The predicted octanol–water partition coefficient (Wildman–Crippen LogP) is 2.11. The van der Waals surface area contributed by atoms with Crippen molar-refractivity contribution in [1.29, 1.82) is 0 Å². The van der Waals surface area contributed by atoms with Crippen molar-refractivity contribution in [2.45, 2.75) is 6.92 Å². The first-order valence-corrected chi connectivity index (χ1v) is 3.68. The average molecular weight is 139 g/mol. The number of aryl methyl sites for hydroxylation is 1. The number of aliphatic imine (C=N–C) groups is 1. The first-order chi connectivity index (χ1) is 4.33. The Morgan fingerprint density at radius 2 is 2.44 bits per heavy atom. The summed E-state index contributed by atoms with van der Waals surface area (Å²) in [6, 6.07) is 2.12. The van der Waals surface area contributed by atoms with E-state index < -0.39 is 0 Å². The molecule has 0 saturated carbocycles. The standard InChI is InChI=1S/C7H9NS/c1-6-3-7(4-8-2)9-5-6/h3-5H,1-2H3. The molecule has 1 aromatic heterocycles. The van der Waals surface area contributed by atoms with Crippen LogP contribution in [0.2, 0.25) is 0 Å². The van der Waals surface area contributed by atoms with Crippen LogP contribution in [-0.2, 0) is 0 Å². The number of nitrogens with zero attached hydrogens (tertiary/aromatic N) is 1. The summed E-state index contributed by atoms with van der Waals surface area (Å²) in [5, 5.41) is 2.12. The minimum Gasteiger partial charge on any atom is -0.295 e. The molecule has 1 heterocycles. The Morgan fingerprint density at radius 3 is 2.89 bits per heavy atom. The second-order valence-corrected chi connectivity index (χ2v) is 2.86. The lowest BCUT2D eigenvalue weighted by Crippen LogP contribution is -1.68. The summed E-state index contributed by atoms with van der Waals surface area (Å²) in [7, 11) is 1.79. The molecule has 0 radical (unpaired) electrons. The minimum atomic E-state index is 1.23. The molecule has 0 unspecified atom stereocenters. The molecule has 0 aliphatic rings. The third-order valence-electron chi connectivity index (χ3n) is 1.01. The van der Waals surface area contributed by atoms with Gasteiger partial charge in [0.1, 0.15) is 0 Å². The van der Waals surface area contributed by atoms with Gasteiger partial charge in [-0.2, -0.15) is 0 Å². The topological polar surface area (TPSA) is 12.4 Å². The molecule has 0 aliphatic carbocycles. The van der Waals surface area contributed by atoms with Crippen LogP contribution >= 0.6 is 11.3 Å². The monoisotopic (exact) mass is 139 g/mol. The van der Waals surface area contributed by atoms with Gasteiger partial charge >= 0.3 is 0 Å². The van der Waals surface area contributed by atoms with Crippen LogP contribution in [-0.4, -0.2) is 13.3 Å². The molecule has 0 aromatic carbocycles. The van der Waals surface area contributed by atoms with Crippen molar-refractivity contribution in [3.05, 3.63) is 21.9 Å². The zero-order chi connectivity index (χ0) is 6.69. The van der Waals surface area contributed by atoms with Gasteiger partial charge in [0.25, 0.3) is 0 Å². The SMILES string of the molecule is CN=Cc1cc(C)cs1. The normalized spacial score (nSPS) is 10.9. The van der Waals surface area contributed by atoms with E-state index in [1.54, 1.807) is 18.4 Å².